The van der Waals surface area contributed by atoms with Crippen LogP contribution in [-0.4, -0.2) is 67.5 Å². The molecule has 0 aliphatic carbocycles. The van der Waals surface area contributed by atoms with E-state index in [1.165, 1.54) is 4.90 Å². The average molecular weight is 559 g/mol. The SMILES string of the molecule is CCCOc1ccc(C(O)=C2C(=O)C(=O)N(CCN(C)C)C2c2ccc(OCc3ccccc3)c(OC)c2)c(C)c1. The van der Waals surface area contributed by atoms with Crippen molar-refractivity contribution in [1.82, 2.24) is 9.80 Å². The van der Waals surface area contributed by atoms with Gasteiger partial charge in [0.2, 0.25) is 0 Å². The monoisotopic (exact) mass is 558 g/mol. The van der Waals surface area contributed by atoms with Crippen molar-refractivity contribution in [3.8, 4) is 17.2 Å². The highest BCUT2D eigenvalue weighted by Gasteiger charge is 2.46. The first-order chi connectivity index (χ1) is 19.7. The van der Waals surface area contributed by atoms with Crippen molar-refractivity contribution in [2.24, 2.45) is 0 Å². The lowest BCUT2D eigenvalue weighted by atomic mass is 9.93. The number of rotatable bonds is 12. The Balaban J connectivity index is 1.76. The molecule has 0 aromatic heterocycles. The van der Waals surface area contributed by atoms with Crippen LogP contribution in [0.2, 0.25) is 0 Å². The molecule has 216 valence electrons. The smallest absolute Gasteiger partial charge is 0.295 e. The third-order valence-corrected chi connectivity index (χ3v) is 6.99. The predicted octanol–water partition coefficient (Wildman–Crippen LogP) is 5.35. The number of ether oxygens (including phenoxy) is 3. The fraction of sp³-hybridized carbons (Fsp3) is 0.333. The van der Waals surface area contributed by atoms with Crippen molar-refractivity contribution >= 4 is 17.4 Å². The molecule has 0 spiro atoms. The van der Waals surface area contributed by atoms with Gasteiger partial charge in [-0.25, -0.2) is 0 Å². The van der Waals surface area contributed by atoms with Crippen LogP contribution in [0, 0.1) is 6.92 Å². The number of aliphatic hydroxyl groups excluding tert-OH is 1. The molecule has 1 aliphatic heterocycles. The summed E-state index contributed by atoms with van der Waals surface area (Å²) in [6, 6.07) is 19.6. The van der Waals surface area contributed by atoms with Crippen LogP contribution in [0.3, 0.4) is 0 Å². The molecule has 0 bridgehead atoms. The van der Waals surface area contributed by atoms with Crippen LogP contribution in [0.5, 0.6) is 17.2 Å². The van der Waals surface area contributed by atoms with E-state index in [-0.39, 0.29) is 11.3 Å². The second-order valence-electron chi connectivity index (χ2n) is 10.3. The fourth-order valence-corrected chi connectivity index (χ4v) is 4.83. The van der Waals surface area contributed by atoms with E-state index < -0.39 is 17.7 Å². The van der Waals surface area contributed by atoms with E-state index in [9.17, 15) is 14.7 Å². The molecule has 0 saturated carbocycles. The van der Waals surface area contributed by atoms with Crippen molar-refractivity contribution in [1.29, 1.82) is 0 Å². The predicted molar refractivity (Wildman–Crippen MR) is 158 cm³/mol. The molecule has 3 aromatic rings. The number of nitrogens with zero attached hydrogens (tertiary/aromatic N) is 2. The number of amides is 1. The van der Waals surface area contributed by atoms with Crippen LogP contribution in [0.15, 0.2) is 72.3 Å². The summed E-state index contributed by atoms with van der Waals surface area (Å²) in [7, 11) is 5.35. The number of likely N-dealkylation sites (N-methyl/N-ethyl adjacent to an activating group) is 1. The van der Waals surface area contributed by atoms with Crippen LogP contribution >= 0.6 is 0 Å². The summed E-state index contributed by atoms with van der Waals surface area (Å²) in [6.45, 7) is 5.65. The minimum atomic E-state index is -0.803. The average Bonchev–Trinajstić information content (AvgIpc) is 3.23. The lowest BCUT2D eigenvalue weighted by Crippen LogP contribution is -2.35. The van der Waals surface area contributed by atoms with Gasteiger partial charge < -0.3 is 29.1 Å². The van der Waals surface area contributed by atoms with E-state index in [2.05, 4.69) is 0 Å². The molecule has 1 saturated heterocycles. The molecule has 1 heterocycles. The van der Waals surface area contributed by atoms with Gasteiger partial charge in [-0.15, -0.1) is 0 Å². The molecular formula is C33H38N2O6. The molecule has 0 radical (unpaired) electrons. The Kier molecular flexibility index (Phi) is 9.68. The van der Waals surface area contributed by atoms with Crippen molar-refractivity contribution in [3.05, 3.63) is 94.6 Å². The number of likely N-dealkylation sites (tertiary alicyclic amines) is 1. The summed E-state index contributed by atoms with van der Waals surface area (Å²) < 4.78 is 17.4. The maximum Gasteiger partial charge on any atom is 0.295 e. The van der Waals surface area contributed by atoms with E-state index in [4.69, 9.17) is 14.2 Å². The van der Waals surface area contributed by atoms with Crippen LogP contribution in [0.4, 0.5) is 0 Å². The Hall–Kier alpha value is -4.30. The molecule has 1 amide bonds. The number of Topliss-reactive ketones (excluding diaryl/α,β-unsaturated/α-hetero) is 1. The molecule has 8 nitrogen and oxygen atoms in total. The largest absolute Gasteiger partial charge is 0.507 e. The maximum absolute atomic E-state index is 13.5. The fourth-order valence-electron chi connectivity index (χ4n) is 4.83. The van der Waals surface area contributed by atoms with Gasteiger partial charge in [-0.2, -0.15) is 0 Å². The lowest BCUT2D eigenvalue weighted by Gasteiger charge is -2.27. The first-order valence-corrected chi connectivity index (χ1v) is 13.8. The number of carbonyl (C=O) groups excluding carboxylic acids is 2. The van der Waals surface area contributed by atoms with Crippen molar-refractivity contribution in [3.63, 3.8) is 0 Å². The zero-order chi connectivity index (χ0) is 29.5. The number of aryl methyl sites for hydroxylation is 1. The molecule has 1 unspecified atom stereocenters. The zero-order valence-corrected chi connectivity index (χ0v) is 24.3. The molecule has 41 heavy (non-hydrogen) atoms. The Labute approximate surface area is 241 Å². The summed E-state index contributed by atoms with van der Waals surface area (Å²) in [4.78, 5) is 30.2. The van der Waals surface area contributed by atoms with Gasteiger partial charge in [0.05, 0.1) is 25.3 Å². The molecule has 1 fully saturated rings. The Morgan fingerprint density at radius 2 is 1.73 bits per heavy atom. The molecule has 3 aromatic carbocycles. The quantitative estimate of drug-likeness (QED) is 0.182. The number of aliphatic hydroxyl groups is 1. The summed E-state index contributed by atoms with van der Waals surface area (Å²) in [5.74, 6) is 0.0834. The van der Waals surface area contributed by atoms with Crippen LogP contribution < -0.4 is 14.2 Å². The summed E-state index contributed by atoms with van der Waals surface area (Å²) in [6.07, 6.45) is 0.872. The molecule has 1 N–H and O–H groups in total. The molecular weight excluding hydrogens is 520 g/mol. The Morgan fingerprint density at radius 3 is 2.39 bits per heavy atom. The summed E-state index contributed by atoms with van der Waals surface area (Å²) in [5, 5.41) is 11.5. The van der Waals surface area contributed by atoms with Gasteiger partial charge in [-0.1, -0.05) is 43.3 Å². The highest BCUT2D eigenvalue weighted by atomic mass is 16.5. The highest BCUT2D eigenvalue weighted by Crippen LogP contribution is 2.42. The van der Waals surface area contributed by atoms with Gasteiger partial charge >= 0.3 is 0 Å². The first-order valence-electron chi connectivity index (χ1n) is 13.8. The molecule has 1 aliphatic rings. The summed E-state index contributed by atoms with van der Waals surface area (Å²) >= 11 is 0. The van der Waals surface area contributed by atoms with E-state index in [0.717, 1.165) is 17.5 Å². The standard InChI is InChI=1S/C33H38N2O6/c1-6-18-40-25-13-14-26(22(2)19-25)31(36)29-30(35(17-16-34(3)4)33(38)32(29)37)24-12-15-27(28(20-24)39-5)41-21-23-10-8-7-9-11-23/h7-15,19-20,30,36H,6,16-18,21H2,1-5H3. The molecule has 8 heteroatoms. The van der Waals surface area contributed by atoms with Gasteiger partial charge in [0.25, 0.3) is 11.7 Å². The second kappa shape index (κ2) is 13.4. The molecule has 4 rings (SSSR count). The van der Waals surface area contributed by atoms with Crippen molar-refractivity contribution in [2.45, 2.75) is 32.9 Å². The number of benzene rings is 3. The van der Waals surface area contributed by atoms with Gasteiger partial charge in [0.1, 0.15) is 18.1 Å². The minimum absolute atomic E-state index is 0.0408. The van der Waals surface area contributed by atoms with E-state index in [0.29, 0.717) is 54.7 Å². The van der Waals surface area contributed by atoms with Gasteiger partial charge in [0.15, 0.2) is 11.5 Å². The molecule has 1 atom stereocenters. The number of hydrogen-bond donors (Lipinski definition) is 1. The van der Waals surface area contributed by atoms with Crippen LogP contribution in [-0.2, 0) is 16.2 Å². The zero-order valence-electron chi connectivity index (χ0n) is 24.3. The van der Waals surface area contributed by atoms with Gasteiger partial charge in [0, 0.05) is 18.7 Å². The normalized spacial score (nSPS) is 16.3. The van der Waals surface area contributed by atoms with E-state index in [1.54, 1.807) is 31.4 Å². The third kappa shape index (κ3) is 6.72. The highest BCUT2D eigenvalue weighted by molar-refractivity contribution is 6.46. The topological polar surface area (TPSA) is 88.5 Å². The number of methoxy groups -OCH3 is 1. The van der Waals surface area contributed by atoms with Crippen LogP contribution in [0.25, 0.3) is 5.76 Å². The minimum Gasteiger partial charge on any atom is -0.507 e. The van der Waals surface area contributed by atoms with E-state index >= 15 is 0 Å². The van der Waals surface area contributed by atoms with Crippen molar-refractivity contribution < 1.29 is 28.9 Å². The van der Waals surface area contributed by atoms with Crippen LogP contribution in [0.1, 0.15) is 41.6 Å². The van der Waals surface area contributed by atoms with Gasteiger partial charge in [-0.05, 0) is 74.5 Å². The lowest BCUT2D eigenvalue weighted by molar-refractivity contribution is -0.140. The Bertz CT molecular complexity index is 1420. The second-order valence-corrected chi connectivity index (χ2v) is 10.3. The number of hydrogen-bond acceptors (Lipinski definition) is 7. The maximum atomic E-state index is 13.5. The van der Waals surface area contributed by atoms with E-state index in [1.807, 2.05) is 75.3 Å². The van der Waals surface area contributed by atoms with Crippen molar-refractivity contribution in [2.75, 3.05) is 40.9 Å². The first kappa shape index (κ1) is 29.7. The summed E-state index contributed by atoms with van der Waals surface area (Å²) in [5.41, 5.74) is 2.89. The third-order valence-electron chi connectivity index (χ3n) is 6.99. The number of carbonyl (C=O) groups is 2. The number of ketones is 1. The Morgan fingerprint density at radius 1 is 0.976 bits per heavy atom. The van der Waals surface area contributed by atoms with Gasteiger partial charge in [-0.3, -0.25) is 9.59 Å².